The van der Waals surface area contributed by atoms with E-state index in [0.717, 1.165) is 16.8 Å². The van der Waals surface area contributed by atoms with E-state index < -0.39 is 6.04 Å². The number of hydrogen-bond acceptors (Lipinski definition) is 6. The molecule has 9 heteroatoms. The Kier molecular flexibility index (Phi) is 7.58. The lowest BCUT2D eigenvalue weighted by atomic mass is 10.0. The summed E-state index contributed by atoms with van der Waals surface area (Å²) in [5.74, 6) is -0.596. The first kappa shape index (κ1) is 25.6. The molecule has 2 heterocycles. The average Bonchev–Trinajstić information content (AvgIpc) is 3.36. The maximum Gasteiger partial charge on any atom is 0.251 e. The Morgan fingerprint density at radius 1 is 0.897 bits per heavy atom. The van der Waals surface area contributed by atoms with E-state index >= 15 is 0 Å². The molecule has 0 aliphatic heterocycles. The van der Waals surface area contributed by atoms with E-state index in [0.29, 0.717) is 16.8 Å². The molecule has 0 saturated heterocycles. The van der Waals surface area contributed by atoms with Crippen molar-refractivity contribution in [2.75, 3.05) is 24.3 Å². The van der Waals surface area contributed by atoms with E-state index in [1.807, 2.05) is 110 Å². The molecule has 1 N–H and O–H groups in total. The van der Waals surface area contributed by atoms with E-state index in [1.165, 1.54) is 0 Å². The minimum atomic E-state index is -0.901. The first-order chi connectivity index (χ1) is 19.0. The minimum absolute atomic E-state index is 0.0745. The molecule has 0 bridgehead atoms. The van der Waals surface area contributed by atoms with Gasteiger partial charge in [0.2, 0.25) is 5.91 Å². The van der Waals surface area contributed by atoms with Crippen molar-refractivity contribution in [3.63, 3.8) is 0 Å². The quantitative estimate of drug-likeness (QED) is 0.312. The zero-order valence-electron chi connectivity index (χ0n) is 21.8. The second-order valence-electron chi connectivity index (χ2n) is 9.36. The van der Waals surface area contributed by atoms with Gasteiger partial charge in [-0.2, -0.15) is 0 Å². The van der Waals surface area contributed by atoms with Gasteiger partial charge in [-0.3, -0.25) is 14.6 Å². The van der Waals surface area contributed by atoms with Crippen molar-refractivity contribution in [3.8, 4) is 0 Å². The molecule has 0 unspecified atom stereocenters. The third-order valence-electron chi connectivity index (χ3n) is 6.43. The molecule has 5 rings (SSSR count). The summed E-state index contributed by atoms with van der Waals surface area (Å²) in [6.07, 6.45) is 3.38. The van der Waals surface area contributed by atoms with Gasteiger partial charge in [-0.15, -0.1) is 5.10 Å². The van der Waals surface area contributed by atoms with Crippen molar-refractivity contribution in [3.05, 3.63) is 115 Å². The monoisotopic (exact) mass is 519 g/mol. The molecule has 9 nitrogen and oxygen atoms in total. The van der Waals surface area contributed by atoms with E-state index in [9.17, 15) is 9.59 Å². The molecular formula is C30H29N7O2. The smallest absolute Gasteiger partial charge is 0.251 e. The standard InChI is InChI=1S/C30H29N7O2/c1-35(2)25-16-14-24(15-17-25)32-30(39)29(23-10-4-3-5-11-23)36(20-22-9-8-18-31-19-22)28(38)21-37-27-13-7-6-12-26(27)33-34-37/h3-19,29H,20-21H2,1-2H3,(H,32,39)/t29-/m0/s1. The van der Waals surface area contributed by atoms with Crippen LogP contribution in [0.3, 0.4) is 0 Å². The van der Waals surface area contributed by atoms with Gasteiger partial charge in [-0.1, -0.05) is 53.7 Å². The summed E-state index contributed by atoms with van der Waals surface area (Å²) in [6.45, 7) is 0.112. The van der Waals surface area contributed by atoms with Gasteiger partial charge in [-0.05, 0) is 53.6 Å². The number of rotatable bonds is 9. The molecule has 0 aliphatic carbocycles. The fourth-order valence-corrected chi connectivity index (χ4v) is 4.43. The summed E-state index contributed by atoms with van der Waals surface area (Å²) >= 11 is 0. The maximum absolute atomic E-state index is 14.0. The molecule has 39 heavy (non-hydrogen) atoms. The van der Waals surface area contributed by atoms with Crippen molar-refractivity contribution >= 4 is 34.2 Å². The van der Waals surface area contributed by atoms with Crippen molar-refractivity contribution < 1.29 is 9.59 Å². The van der Waals surface area contributed by atoms with Gasteiger partial charge < -0.3 is 15.1 Å². The van der Waals surface area contributed by atoms with Gasteiger partial charge in [-0.25, -0.2) is 4.68 Å². The maximum atomic E-state index is 14.0. The number of pyridine rings is 1. The zero-order chi connectivity index (χ0) is 27.2. The molecule has 0 fully saturated rings. The summed E-state index contributed by atoms with van der Waals surface area (Å²) in [6, 6.07) is 27.1. The highest BCUT2D eigenvalue weighted by atomic mass is 16.2. The second-order valence-corrected chi connectivity index (χ2v) is 9.36. The van der Waals surface area contributed by atoms with Crippen LogP contribution in [0.25, 0.3) is 11.0 Å². The number of aromatic nitrogens is 4. The minimum Gasteiger partial charge on any atom is -0.378 e. The Morgan fingerprint density at radius 2 is 1.64 bits per heavy atom. The number of amides is 2. The van der Waals surface area contributed by atoms with Gasteiger partial charge in [0.1, 0.15) is 18.1 Å². The normalized spacial score (nSPS) is 11.6. The van der Waals surface area contributed by atoms with Crippen molar-refractivity contribution in [1.82, 2.24) is 24.9 Å². The average molecular weight is 520 g/mol. The predicted molar refractivity (Wildman–Crippen MR) is 151 cm³/mol. The van der Waals surface area contributed by atoms with Crippen LogP contribution in [0, 0.1) is 0 Å². The van der Waals surface area contributed by atoms with Gasteiger partial charge >= 0.3 is 0 Å². The lowest BCUT2D eigenvalue weighted by Gasteiger charge is -2.31. The Morgan fingerprint density at radius 3 is 2.36 bits per heavy atom. The molecule has 0 aliphatic rings. The first-order valence-electron chi connectivity index (χ1n) is 12.6. The fourth-order valence-electron chi connectivity index (χ4n) is 4.43. The number of nitrogens with zero attached hydrogens (tertiary/aromatic N) is 6. The van der Waals surface area contributed by atoms with Gasteiger partial charge in [0.15, 0.2) is 0 Å². The zero-order valence-corrected chi connectivity index (χ0v) is 21.8. The van der Waals surface area contributed by atoms with Crippen LogP contribution in [0.2, 0.25) is 0 Å². The Labute approximate surface area is 226 Å². The third kappa shape index (κ3) is 5.93. The largest absolute Gasteiger partial charge is 0.378 e. The van der Waals surface area contributed by atoms with Gasteiger partial charge in [0.05, 0.1) is 5.52 Å². The first-order valence-corrected chi connectivity index (χ1v) is 12.6. The Hall–Kier alpha value is -5.05. The number of fused-ring (bicyclic) bond motifs is 1. The van der Waals surface area contributed by atoms with Crippen LogP contribution >= 0.6 is 0 Å². The topological polar surface area (TPSA) is 96.2 Å². The molecule has 0 saturated carbocycles. The van der Waals surface area contributed by atoms with Crippen LogP contribution < -0.4 is 10.2 Å². The number of carbonyl (C=O) groups excluding carboxylic acids is 2. The lowest BCUT2D eigenvalue weighted by Crippen LogP contribution is -2.42. The number of benzene rings is 3. The van der Waals surface area contributed by atoms with Gasteiger partial charge in [0.25, 0.3) is 5.91 Å². The summed E-state index contributed by atoms with van der Waals surface area (Å²) in [7, 11) is 3.92. The number of carbonyl (C=O) groups is 2. The molecule has 196 valence electrons. The van der Waals surface area contributed by atoms with E-state index in [2.05, 4.69) is 20.6 Å². The van der Waals surface area contributed by atoms with Crippen LogP contribution in [0.1, 0.15) is 17.2 Å². The van der Waals surface area contributed by atoms with Crippen molar-refractivity contribution in [1.29, 1.82) is 0 Å². The van der Waals surface area contributed by atoms with Crippen LogP contribution in [-0.2, 0) is 22.7 Å². The third-order valence-corrected chi connectivity index (χ3v) is 6.43. The van der Waals surface area contributed by atoms with E-state index in [4.69, 9.17) is 0 Å². The highest BCUT2D eigenvalue weighted by molar-refractivity contribution is 5.98. The highest BCUT2D eigenvalue weighted by Crippen LogP contribution is 2.26. The second kappa shape index (κ2) is 11.6. The van der Waals surface area contributed by atoms with Crippen LogP contribution in [0.15, 0.2) is 103 Å². The summed E-state index contributed by atoms with van der Waals surface area (Å²) in [5.41, 5.74) is 4.60. The van der Waals surface area contributed by atoms with Crippen LogP contribution in [-0.4, -0.2) is 50.8 Å². The number of hydrogen-bond donors (Lipinski definition) is 1. The molecule has 5 aromatic rings. The number of nitrogens with one attached hydrogen (secondary N) is 1. The molecular weight excluding hydrogens is 490 g/mol. The number of anilines is 2. The lowest BCUT2D eigenvalue weighted by molar-refractivity contribution is -0.140. The van der Waals surface area contributed by atoms with Crippen LogP contribution in [0.5, 0.6) is 0 Å². The highest BCUT2D eigenvalue weighted by Gasteiger charge is 2.32. The van der Waals surface area contributed by atoms with Crippen LogP contribution in [0.4, 0.5) is 11.4 Å². The molecule has 3 aromatic carbocycles. The van der Waals surface area contributed by atoms with Gasteiger partial charge in [0, 0.05) is 44.4 Å². The number of para-hydroxylation sites is 1. The summed E-state index contributed by atoms with van der Waals surface area (Å²) in [4.78, 5) is 35.7. The SMILES string of the molecule is CN(C)c1ccc(NC(=O)[C@H](c2ccccc2)N(Cc2cccnc2)C(=O)Cn2nnc3ccccc32)cc1. The predicted octanol–water partition coefficient (Wildman–Crippen LogP) is 4.30. The molecule has 2 aromatic heterocycles. The van der Waals surface area contributed by atoms with E-state index in [-0.39, 0.29) is 24.9 Å². The van der Waals surface area contributed by atoms with Crippen molar-refractivity contribution in [2.24, 2.45) is 0 Å². The molecule has 0 spiro atoms. The Balaban J connectivity index is 1.50. The van der Waals surface area contributed by atoms with Crippen molar-refractivity contribution in [2.45, 2.75) is 19.1 Å². The van der Waals surface area contributed by atoms with E-state index in [1.54, 1.807) is 22.0 Å². The molecule has 0 radical (unpaired) electrons. The Bertz CT molecular complexity index is 1550. The summed E-state index contributed by atoms with van der Waals surface area (Å²) < 4.78 is 1.56. The summed E-state index contributed by atoms with van der Waals surface area (Å²) in [5, 5.41) is 11.4. The molecule has 2 amide bonds. The molecule has 1 atom stereocenters. The fraction of sp³-hybridized carbons (Fsp3) is 0.167.